The fourth-order valence-corrected chi connectivity index (χ4v) is 4.90. The first-order chi connectivity index (χ1) is 15.5. The Labute approximate surface area is 189 Å². The van der Waals surface area contributed by atoms with Crippen LogP contribution in [0.1, 0.15) is 24.3 Å². The summed E-state index contributed by atoms with van der Waals surface area (Å²) < 4.78 is 76.9. The number of benzene rings is 1. The maximum absolute atomic E-state index is 14.6. The van der Waals surface area contributed by atoms with Gasteiger partial charge in [0.1, 0.15) is 17.7 Å². The molecule has 1 unspecified atom stereocenters. The van der Waals surface area contributed by atoms with Gasteiger partial charge in [0.15, 0.2) is 6.10 Å². The maximum atomic E-state index is 14.6. The number of nitrogens with zero attached hydrogens (tertiary/aromatic N) is 2. The SMILES string of the molecule is Nc1ccn([C@@H]2O[C@H](COP3(=O)OCC[C@H](c4ccc(Cl)c(F)c4)O3)[C@@H](O)C2(F)F)c(=O)n1. The number of phosphoric acid groups is 1. The van der Waals surface area contributed by atoms with E-state index >= 15 is 0 Å². The molecule has 0 amide bonds. The molecule has 0 spiro atoms. The number of rotatable bonds is 5. The van der Waals surface area contributed by atoms with Crippen LogP contribution in [0.15, 0.2) is 35.3 Å². The molecule has 0 radical (unpaired) electrons. The molecule has 2 fully saturated rings. The highest BCUT2D eigenvalue weighted by Gasteiger charge is 2.60. The minimum Gasteiger partial charge on any atom is -0.384 e. The van der Waals surface area contributed by atoms with E-state index in [4.69, 9.17) is 35.6 Å². The van der Waals surface area contributed by atoms with Crippen LogP contribution in [0.5, 0.6) is 0 Å². The van der Waals surface area contributed by atoms with Crippen molar-refractivity contribution in [1.82, 2.24) is 9.55 Å². The summed E-state index contributed by atoms with van der Waals surface area (Å²) in [6, 6.07) is 4.99. The van der Waals surface area contributed by atoms with Crippen LogP contribution >= 0.6 is 19.4 Å². The average molecular weight is 512 g/mol. The summed E-state index contributed by atoms with van der Waals surface area (Å²) in [6.45, 7) is -0.908. The number of anilines is 1. The number of aliphatic hydroxyl groups excluding tert-OH is 1. The van der Waals surface area contributed by atoms with E-state index in [9.17, 15) is 27.6 Å². The number of phosphoric ester groups is 1. The van der Waals surface area contributed by atoms with Gasteiger partial charge in [-0.25, -0.2) is 13.8 Å². The highest BCUT2D eigenvalue weighted by Crippen LogP contribution is 2.57. The maximum Gasteiger partial charge on any atom is 0.475 e. The molecule has 0 aliphatic carbocycles. The molecule has 1 aromatic heterocycles. The number of aliphatic hydroxyl groups is 1. The van der Waals surface area contributed by atoms with Gasteiger partial charge in [0, 0.05) is 12.6 Å². The van der Waals surface area contributed by atoms with Gasteiger partial charge in [0.25, 0.3) is 0 Å². The zero-order valence-electron chi connectivity index (χ0n) is 16.6. The molecule has 33 heavy (non-hydrogen) atoms. The topological polar surface area (TPSA) is 135 Å². The number of alkyl halides is 2. The van der Waals surface area contributed by atoms with Crippen molar-refractivity contribution >= 4 is 25.2 Å². The zero-order chi connectivity index (χ0) is 24.0. The molecule has 180 valence electrons. The second-order valence-corrected chi connectivity index (χ2v) is 9.35. The minimum absolute atomic E-state index is 0.0917. The van der Waals surface area contributed by atoms with Gasteiger partial charge in [-0.2, -0.15) is 13.8 Å². The number of aromatic nitrogens is 2. The standard InChI is InChI=1S/C18H18ClF3N3O7P/c19-10-2-1-9(7-11(10)20)12-4-6-29-33(28,32-12)30-8-13-15(26)18(21,22)16(31-13)25-5-3-14(23)24-17(25)27/h1-3,5,7,12-13,15-16,26H,4,6,8H2,(H2,23,24,27)/t12-,13-,15-,16-,33?/m1/s1. The largest absolute Gasteiger partial charge is 0.475 e. The average Bonchev–Trinajstić information content (AvgIpc) is 2.98. The van der Waals surface area contributed by atoms with E-state index < -0.39 is 56.4 Å². The number of ether oxygens (including phenoxy) is 1. The summed E-state index contributed by atoms with van der Waals surface area (Å²) in [5.41, 5.74) is 4.56. The van der Waals surface area contributed by atoms with Crippen molar-refractivity contribution in [3.8, 4) is 0 Å². The van der Waals surface area contributed by atoms with Crippen molar-refractivity contribution in [3.63, 3.8) is 0 Å². The van der Waals surface area contributed by atoms with Crippen LogP contribution < -0.4 is 11.4 Å². The fourth-order valence-electron chi connectivity index (χ4n) is 3.39. The molecule has 15 heteroatoms. The molecule has 2 aromatic rings. The lowest BCUT2D eigenvalue weighted by molar-refractivity contribution is -0.140. The lowest BCUT2D eigenvalue weighted by atomic mass is 10.1. The van der Waals surface area contributed by atoms with Crippen LogP contribution in [-0.2, 0) is 22.9 Å². The number of halogens is 4. The van der Waals surface area contributed by atoms with Crippen molar-refractivity contribution < 1.29 is 41.2 Å². The van der Waals surface area contributed by atoms with E-state index in [0.717, 1.165) is 18.3 Å². The normalized spacial score (nSPS) is 31.5. The molecule has 10 nitrogen and oxygen atoms in total. The van der Waals surface area contributed by atoms with Gasteiger partial charge in [-0.15, -0.1) is 0 Å². The lowest BCUT2D eigenvalue weighted by Crippen LogP contribution is -2.42. The Morgan fingerprint density at radius 2 is 2.15 bits per heavy atom. The first-order valence-corrected chi connectivity index (χ1v) is 11.4. The Morgan fingerprint density at radius 1 is 1.39 bits per heavy atom. The van der Waals surface area contributed by atoms with Crippen molar-refractivity contribution in [3.05, 3.63) is 57.3 Å². The smallest absolute Gasteiger partial charge is 0.384 e. The highest BCUT2D eigenvalue weighted by molar-refractivity contribution is 7.48. The van der Waals surface area contributed by atoms with Gasteiger partial charge >= 0.3 is 19.4 Å². The number of nitrogen functional groups attached to an aromatic ring is 1. The minimum atomic E-state index is -4.28. The molecule has 3 heterocycles. The Hall–Kier alpha value is -1.99. The van der Waals surface area contributed by atoms with E-state index in [1.54, 1.807) is 0 Å². The van der Waals surface area contributed by atoms with Crippen molar-refractivity contribution in [2.45, 2.75) is 36.9 Å². The van der Waals surface area contributed by atoms with Gasteiger partial charge in [-0.1, -0.05) is 17.7 Å². The quantitative estimate of drug-likeness (QED) is 0.581. The molecular weight excluding hydrogens is 494 g/mol. The monoisotopic (exact) mass is 511 g/mol. The second-order valence-electron chi connectivity index (χ2n) is 7.32. The van der Waals surface area contributed by atoms with Gasteiger partial charge in [-0.3, -0.25) is 18.1 Å². The van der Waals surface area contributed by atoms with Crippen LogP contribution in [0, 0.1) is 5.82 Å². The van der Waals surface area contributed by atoms with Crippen LogP contribution in [-0.4, -0.2) is 46.0 Å². The van der Waals surface area contributed by atoms with E-state index in [-0.39, 0.29) is 23.9 Å². The van der Waals surface area contributed by atoms with E-state index in [1.807, 2.05) is 0 Å². The molecule has 0 saturated carbocycles. The van der Waals surface area contributed by atoms with Crippen LogP contribution in [0.25, 0.3) is 0 Å². The van der Waals surface area contributed by atoms with Crippen molar-refractivity contribution in [2.75, 3.05) is 18.9 Å². The predicted molar refractivity (Wildman–Crippen MR) is 107 cm³/mol. The number of nitrogens with two attached hydrogens (primary N) is 1. The van der Waals surface area contributed by atoms with E-state index in [1.165, 1.54) is 12.1 Å². The van der Waals surface area contributed by atoms with E-state index in [2.05, 4.69) is 4.98 Å². The Bertz CT molecular complexity index is 1150. The number of hydrogen-bond acceptors (Lipinski definition) is 9. The molecule has 3 N–H and O–H groups in total. The van der Waals surface area contributed by atoms with Gasteiger partial charge < -0.3 is 15.6 Å². The van der Waals surface area contributed by atoms with Gasteiger partial charge in [0.05, 0.1) is 24.3 Å². The van der Waals surface area contributed by atoms with Crippen molar-refractivity contribution in [1.29, 1.82) is 0 Å². The Morgan fingerprint density at radius 3 is 2.85 bits per heavy atom. The summed E-state index contributed by atoms with van der Waals surface area (Å²) in [5.74, 6) is -4.80. The summed E-state index contributed by atoms with van der Waals surface area (Å²) in [5, 5.41) is 9.95. The molecule has 0 bridgehead atoms. The zero-order valence-corrected chi connectivity index (χ0v) is 18.3. The van der Waals surface area contributed by atoms with Crippen molar-refractivity contribution in [2.24, 2.45) is 0 Å². The number of hydrogen-bond donors (Lipinski definition) is 2. The molecule has 4 rings (SSSR count). The summed E-state index contributed by atoms with van der Waals surface area (Å²) in [4.78, 5) is 15.3. The Balaban J connectivity index is 1.46. The lowest BCUT2D eigenvalue weighted by Gasteiger charge is -2.29. The molecule has 2 saturated heterocycles. The molecule has 2 aliphatic heterocycles. The molecule has 5 atom stereocenters. The summed E-state index contributed by atoms with van der Waals surface area (Å²) >= 11 is 5.66. The third-order valence-corrected chi connectivity index (χ3v) is 6.87. The predicted octanol–water partition coefficient (Wildman–Crippen LogP) is 2.81. The highest BCUT2D eigenvalue weighted by atomic mass is 35.5. The fraction of sp³-hybridized carbons (Fsp3) is 0.444. The molecular formula is C18H18ClF3N3O7P. The van der Waals surface area contributed by atoms with E-state index in [0.29, 0.717) is 10.1 Å². The molecule has 2 aliphatic rings. The molecule has 1 aromatic carbocycles. The Kier molecular flexibility index (Phi) is 6.58. The van der Waals surface area contributed by atoms with Crippen LogP contribution in [0.3, 0.4) is 0 Å². The van der Waals surface area contributed by atoms with Crippen LogP contribution in [0.2, 0.25) is 5.02 Å². The van der Waals surface area contributed by atoms with Gasteiger partial charge in [0.2, 0.25) is 6.23 Å². The summed E-state index contributed by atoms with van der Waals surface area (Å²) in [7, 11) is -4.28. The first kappa shape index (κ1) is 24.1. The third-order valence-electron chi connectivity index (χ3n) is 5.08. The van der Waals surface area contributed by atoms with Gasteiger partial charge in [-0.05, 0) is 23.8 Å². The van der Waals surface area contributed by atoms with Crippen LogP contribution in [0.4, 0.5) is 19.0 Å². The third kappa shape index (κ3) is 4.80. The first-order valence-electron chi connectivity index (χ1n) is 9.58. The summed E-state index contributed by atoms with van der Waals surface area (Å²) in [6.07, 6.45) is -6.03. The second kappa shape index (κ2) is 8.99.